The van der Waals surface area contributed by atoms with E-state index in [4.69, 9.17) is 12.2 Å². The quantitative estimate of drug-likeness (QED) is 0.469. The van der Waals surface area contributed by atoms with Gasteiger partial charge in [-0.2, -0.15) is 0 Å². The van der Waals surface area contributed by atoms with Crippen LogP contribution in [0.2, 0.25) is 0 Å². The monoisotopic (exact) mass is 269 g/mol. The number of carbonyl (C=O) groups excluding carboxylic acids is 2. The molecule has 0 saturated carbocycles. The SMILES string of the molecule is CN1C(=O)C(=Cc2ccc(C=O)s2)SC1=S. The normalized spacial score (nSPS) is 18.6. The van der Waals surface area contributed by atoms with E-state index in [1.165, 1.54) is 28.0 Å². The largest absolute Gasteiger partial charge is 0.297 e. The Balaban J connectivity index is 2.28. The maximum Gasteiger partial charge on any atom is 0.265 e. The van der Waals surface area contributed by atoms with Gasteiger partial charge in [0.15, 0.2) is 6.29 Å². The lowest BCUT2D eigenvalue weighted by molar-refractivity contribution is -0.121. The van der Waals surface area contributed by atoms with Crippen molar-refractivity contribution in [1.29, 1.82) is 0 Å². The third-order valence-corrected chi connectivity index (χ3v) is 4.47. The second-order valence-corrected chi connectivity index (χ2v) is 5.92. The van der Waals surface area contributed by atoms with Crippen LogP contribution in [0.3, 0.4) is 0 Å². The van der Waals surface area contributed by atoms with E-state index in [0.717, 1.165) is 11.2 Å². The number of rotatable bonds is 2. The Kier molecular flexibility index (Phi) is 3.22. The molecule has 6 heteroatoms. The molecule has 1 aromatic heterocycles. The Morgan fingerprint density at radius 1 is 1.38 bits per heavy atom. The van der Waals surface area contributed by atoms with Gasteiger partial charge in [0.25, 0.3) is 5.91 Å². The smallest absolute Gasteiger partial charge is 0.265 e. The zero-order valence-electron chi connectivity index (χ0n) is 8.30. The number of aldehydes is 1. The number of amides is 1. The average Bonchev–Trinajstić information content (AvgIpc) is 2.81. The molecule has 0 bridgehead atoms. The topological polar surface area (TPSA) is 37.4 Å². The minimum atomic E-state index is -0.0870. The predicted octanol–water partition coefficient (Wildman–Crippen LogP) is 2.39. The first kappa shape index (κ1) is 11.5. The van der Waals surface area contributed by atoms with Crippen molar-refractivity contribution in [3.8, 4) is 0 Å². The van der Waals surface area contributed by atoms with Gasteiger partial charge in [0.2, 0.25) is 0 Å². The van der Waals surface area contributed by atoms with E-state index in [1.54, 1.807) is 19.2 Å². The van der Waals surface area contributed by atoms with Crippen molar-refractivity contribution in [2.75, 3.05) is 7.05 Å². The fraction of sp³-hybridized carbons (Fsp3) is 0.100. The molecule has 2 rings (SSSR count). The Morgan fingerprint density at radius 2 is 2.06 bits per heavy atom. The van der Waals surface area contributed by atoms with Gasteiger partial charge in [-0.15, -0.1) is 11.3 Å². The summed E-state index contributed by atoms with van der Waals surface area (Å²) in [5, 5.41) is 0. The summed E-state index contributed by atoms with van der Waals surface area (Å²) in [5.41, 5.74) is 0. The number of hydrogen-bond donors (Lipinski definition) is 0. The lowest BCUT2D eigenvalue weighted by Gasteiger charge is -2.03. The minimum Gasteiger partial charge on any atom is -0.297 e. The summed E-state index contributed by atoms with van der Waals surface area (Å²) < 4.78 is 0.559. The number of likely N-dealkylation sites (N-methyl/N-ethyl adjacent to an activating group) is 1. The first-order valence-corrected chi connectivity index (χ1v) is 6.42. The van der Waals surface area contributed by atoms with Crippen LogP contribution in [0.5, 0.6) is 0 Å². The van der Waals surface area contributed by atoms with Crippen molar-refractivity contribution in [2.45, 2.75) is 0 Å². The summed E-state index contributed by atoms with van der Waals surface area (Å²) in [6.07, 6.45) is 2.56. The van der Waals surface area contributed by atoms with Gasteiger partial charge in [-0.25, -0.2) is 0 Å². The molecule has 0 aliphatic carbocycles. The van der Waals surface area contributed by atoms with E-state index in [1.807, 2.05) is 6.07 Å². The maximum absolute atomic E-state index is 11.7. The van der Waals surface area contributed by atoms with Crippen molar-refractivity contribution < 1.29 is 9.59 Å². The third-order valence-electron chi connectivity index (χ3n) is 2.02. The van der Waals surface area contributed by atoms with Gasteiger partial charge in [0, 0.05) is 11.9 Å². The lowest BCUT2D eigenvalue weighted by atomic mass is 10.4. The predicted molar refractivity (Wildman–Crippen MR) is 70.6 cm³/mol. The zero-order chi connectivity index (χ0) is 11.7. The van der Waals surface area contributed by atoms with Gasteiger partial charge in [-0.3, -0.25) is 14.5 Å². The third kappa shape index (κ3) is 2.09. The molecule has 1 saturated heterocycles. The van der Waals surface area contributed by atoms with E-state index >= 15 is 0 Å². The first-order chi connectivity index (χ1) is 7.61. The summed E-state index contributed by atoms with van der Waals surface area (Å²) in [6.45, 7) is 0. The van der Waals surface area contributed by atoms with Gasteiger partial charge in [-0.05, 0) is 18.2 Å². The molecule has 1 aliphatic rings. The molecule has 16 heavy (non-hydrogen) atoms. The standard InChI is InChI=1S/C10H7NO2S3/c1-11-9(13)8(16-10(11)14)4-6-2-3-7(5-12)15-6/h2-5H,1H3. The molecule has 1 amide bonds. The maximum atomic E-state index is 11.7. The highest BCUT2D eigenvalue weighted by molar-refractivity contribution is 8.26. The molecular formula is C10H7NO2S3. The molecule has 0 aromatic carbocycles. The van der Waals surface area contributed by atoms with Crippen LogP contribution in [0.25, 0.3) is 6.08 Å². The van der Waals surface area contributed by atoms with Crippen LogP contribution in [0, 0.1) is 0 Å². The highest BCUT2D eigenvalue weighted by atomic mass is 32.2. The number of thioether (sulfide) groups is 1. The number of carbonyl (C=O) groups is 2. The molecule has 0 radical (unpaired) electrons. The van der Waals surface area contributed by atoms with Gasteiger partial charge in [-0.1, -0.05) is 24.0 Å². The molecule has 1 aliphatic heterocycles. The van der Waals surface area contributed by atoms with Crippen LogP contribution in [0.4, 0.5) is 0 Å². The van der Waals surface area contributed by atoms with Gasteiger partial charge >= 0.3 is 0 Å². The van der Waals surface area contributed by atoms with Crippen molar-refractivity contribution >= 4 is 57.9 Å². The second-order valence-electron chi connectivity index (χ2n) is 3.10. The van der Waals surface area contributed by atoms with E-state index in [0.29, 0.717) is 14.1 Å². The van der Waals surface area contributed by atoms with E-state index in [-0.39, 0.29) is 5.91 Å². The molecule has 1 aromatic rings. The number of thiocarbonyl (C=S) groups is 1. The van der Waals surface area contributed by atoms with Crippen LogP contribution in [-0.4, -0.2) is 28.5 Å². The van der Waals surface area contributed by atoms with Crippen LogP contribution < -0.4 is 0 Å². The van der Waals surface area contributed by atoms with E-state index < -0.39 is 0 Å². The van der Waals surface area contributed by atoms with Gasteiger partial charge < -0.3 is 0 Å². The molecule has 0 N–H and O–H groups in total. The Hall–Kier alpha value is -0.980. The van der Waals surface area contributed by atoms with Gasteiger partial charge in [0.1, 0.15) is 4.32 Å². The first-order valence-electron chi connectivity index (χ1n) is 4.38. The minimum absolute atomic E-state index is 0.0870. The van der Waals surface area contributed by atoms with Gasteiger partial charge in [0.05, 0.1) is 9.78 Å². The molecule has 2 heterocycles. The van der Waals surface area contributed by atoms with Crippen LogP contribution in [0.1, 0.15) is 14.5 Å². The molecule has 1 fully saturated rings. The summed E-state index contributed by atoms with van der Waals surface area (Å²) in [5.74, 6) is -0.0870. The molecule has 0 atom stereocenters. The van der Waals surface area contributed by atoms with Crippen LogP contribution in [0.15, 0.2) is 17.0 Å². The summed E-state index contributed by atoms with van der Waals surface area (Å²) >= 11 is 7.65. The van der Waals surface area contributed by atoms with Crippen LogP contribution >= 0.6 is 35.3 Å². The molecule has 3 nitrogen and oxygen atoms in total. The average molecular weight is 269 g/mol. The fourth-order valence-electron chi connectivity index (χ4n) is 1.18. The zero-order valence-corrected chi connectivity index (χ0v) is 10.7. The van der Waals surface area contributed by atoms with Crippen molar-refractivity contribution in [3.05, 3.63) is 26.8 Å². The number of hydrogen-bond acceptors (Lipinski definition) is 5. The molecule has 0 spiro atoms. The second kappa shape index (κ2) is 4.48. The highest BCUT2D eigenvalue weighted by Gasteiger charge is 2.28. The van der Waals surface area contributed by atoms with E-state index in [2.05, 4.69) is 0 Å². The fourth-order valence-corrected chi connectivity index (χ4v) is 3.20. The molecular weight excluding hydrogens is 262 g/mol. The number of thiophene rings is 1. The van der Waals surface area contributed by atoms with E-state index in [9.17, 15) is 9.59 Å². The molecule has 82 valence electrons. The Labute approximate surface area is 106 Å². The van der Waals surface area contributed by atoms with Crippen molar-refractivity contribution in [2.24, 2.45) is 0 Å². The lowest BCUT2D eigenvalue weighted by Crippen LogP contribution is -2.22. The molecule has 0 unspecified atom stereocenters. The summed E-state index contributed by atoms with van der Waals surface area (Å²) in [4.78, 5) is 25.8. The highest BCUT2D eigenvalue weighted by Crippen LogP contribution is 2.32. The summed E-state index contributed by atoms with van der Waals surface area (Å²) in [6, 6.07) is 3.55. The van der Waals surface area contributed by atoms with Crippen LogP contribution in [-0.2, 0) is 4.79 Å². The Morgan fingerprint density at radius 3 is 2.56 bits per heavy atom. The van der Waals surface area contributed by atoms with Crippen molar-refractivity contribution in [3.63, 3.8) is 0 Å². The summed E-state index contributed by atoms with van der Waals surface area (Å²) in [7, 11) is 1.66. The van der Waals surface area contributed by atoms with Crippen molar-refractivity contribution in [1.82, 2.24) is 4.90 Å². The Bertz CT molecular complexity index is 504. The number of nitrogens with zero attached hydrogens (tertiary/aromatic N) is 1.